The molecule has 3 heteroatoms. The van der Waals surface area contributed by atoms with Crippen LogP contribution >= 0.6 is 0 Å². The van der Waals surface area contributed by atoms with E-state index < -0.39 is 0 Å². The van der Waals surface area contributed by atoms with Gasteiger partial charge >= 0.3 is 0 Å². The minimum Gasteiger partial charge on any atom is -0.493 e. The van der Waals surface area contributed by atoms with E-state index in [1.165, 1.54) is 6.26 Å². The molecule has 0 aromatic heterocycles. The summed E-state index contributed by atoms with van der Waals surface area (Å²) in [6.45, 7) is 0.395. The number of aliphatic hydroxyl groups is 1. The average Bonchev–Trinajstić information content (AvgIpc) is 1.86. The van der Waals surface area contributed by atoms with E-state index in [1.807, 2.05) is 0 Å². The van der Waals surface area contributed by atoms with Gasteiger partial charge < -0.3 is 15.2 Å². The van der Waals surface area contributed by atoms with Gasteiger partial charge in [-0.2, -0.15) is 0 Å². The van der Waals surface area contributed by atoms with Crippen LogP contribution in [0.15, 0.2) is 12.1 Å². The van der Waals surface area contributed by atoms with Gasteiger partial charge in [0, 0.05) is 0 Å². The average molecular weight is 87.1 g/mol. The molecule has 0 amide bonds. The first-order valence-electron chi connectivity index (χ1n) is 1.64. The van der Waals surface area contributed by atoms with Crippen LogP contribution in [0.1, 0.15) is 0 Å². The van der Waals surface area contributed by atoms with Crippen molar-refractivity contribution in [3.05, 3.63) is 12.1 Å². The van der Waals surface area contributed by atoms with Gasteiger partial charge in [0.25, 0.3) is 0 Å². The lowest BCUT2D eigenvalue weighted by molar-refractivity contribution is 0.265. The normalized spacial score (nSPS) is 18.3. The third kappa shape index (κ3) is 0.381. The highest BCUT2D eigenvalue weighted by atomic mass is 16.5. The summed E-state index contributed by atoms with van der Waals surface area (Å²) >= 11 is 0. The zero-order valence-electron chi connectivity index (χ0n) is 3.14. The zero-order valence-corrected chi connectivity index (χ0v) is 3.14. The smallest absolute Gasteiger partial charge is 0.222 e. The third-order valence-corrected chi connectivity index (χ3v) is 0.532. The van der Waals surface area contributed by atoms with Crippen molar-refractivity contribution in [3.8, 4) is 0 Å². The van der Waals surface area contributed by atoms with E-state index in [4.69, 9.17) is 5.11 Å². The number of nitrogens with one attached hydrogen (secondary N) is 1. The molecule has 0 saturated carbocycles. The number of ether oxygens (including phenoxy) is 1. The number of rotatable bonds is 0. The first kappa shape index (κ1) is 3.33. The SMILES string of the molecule is OC1=COCN1. The molecule has 1 heterocycles. The van der Waals surface area contributed by atoms with Crippen molar-refractivity contribution < 1.29 is 9.84 Å². The maximum Gasteiger partial charge on any atom is 0.222 e. The molecule has 0 atom stereocenters. The fourth-order valence-electron chi connectivity index (χ4n) is 0.278. The number of aliphatic hydroxyl groups excluding tert-OH is 1. The van der Waals surface area contributed by atoms with E-state index in [0.717, 1.165) is 0 Å². The van der Waals surface area contributed by atoms with Crippen LogP contribution in [0.2, 0.25) is 0 Å². The molecule has 0 unspecified atom stereocenters. The Hall–Kier alpha value is -0.860. The van der Waals surface area contributed by atoms with E-state index in [2.05, 4.69) is 10.1 Å². The van der Waals surface area contributed by atoms with Gasteiger partial charge in [0.1, 0.15) is 6.26 Å². The van der Waals surface area contributed by atoms with Crippen LogP contribution in [0.5, 0.6) is 0 Å². The van der Waals surface area contributed by atoms with Gasteiger partial charge in [-0.3, -0.25) is 0 Å². The summed E-state index contributed by atoms with van der Waals surface area (Å²) in [5, 5.41) is 10.9. The molecule has 0 aromatic rings. The Labute approximate surface area is 35.2 Å². The first-order chi connectivity index (χ1) is 2.89. The highest BCUT2D eigenvalue weighted by Gasteiger charge is 1.95. The quantitative estimate of drug-likeness (QED) is 0.434. The lowest BCUT2D eigenvalue weighted by atomic mass is 10.9. The maximum atomic E-state index is 8.35. The van der Waals surface area contributed by atoms with Crippen molar-refractivity contribution in [1.29, 1.82) is 0 Å². The molecular formula is C3H5NO2. The Morgan fingerprint density at radius 3 is 3.00 bits per heavy atom. The van der Waals surface area contributed by atoms with Crippen LogP contribution in [0.25, 0.3) is 0 Å². The van der Waals surface area contributed by atoms with E-state index >= 15 is 0 Å². The third-order valence-electron chi connectivity index (χ3n) is 0.532. The van der Waals surface area contributed by atoms with Crippen molar-refractivity contribution in [2.75, 3.05) is 6.73 Å². The van der Waals surface area contributed by atoms with E-state index in [9.17, 15) is 0 Å². The van der Waals surface area contributed by atoms with Gasteiger partial charge in [-0.15, -0.1) is 0 Å². The molecule has 1 aliphatic rings. The Balaban J connectivity index is 2.45. The van der Waals surface area contributed by atoms with Gasteiger partial charge in [-0.05, 0) is 0 Å². The molecule has 0 aromatic carbocycles. The summed E-state index contributed by atoms with van der Waals surface area (Å²) in [6.07, 6.45) is 1.26. The van der Waals surface area contributed by atoms with Gasteiger partial charge in [-0.25, -0.2) is 0 Å². The Morgan fingerprint density at radius 1 is 2.00 bits per heavy atom. The zero-order chi connectivity index (χ0) is 4.41. The van der Waals surface area contributed by atoms with Crippen LogP contribution in [-0.2, 0) is 4.74 Å². The summed E-state index contributed by atoms with van der Waals surface area (Å²) in [5.41, 5.74) is 0. The monoisotopic (exact) mass is 87.0 g/mol. The second-order valence-corrected chi connectivity index (χ2v) is 0.991. The molecule has 2 N–H and O–H groups in total. The predicted molar refractivity (Wildman–Crippen MR) is 19.8 cm³/mol. The lowest BCUT2D eigenvalue weighted by Crippen LogP contribution is -2.06. The topological polar surface area (TPSA) is 41.5 Å². The van der Waals surface area contributed by atoms with Gasteiger partial charge in [0.2, 0.25) is 5.88 Å². The van der Waals surface area contributed by atoms with Crippen molar-refractivity contribution in [2.45, 2.75) is 0 Å². The van der Waals surface area contributed by atoms with Crippen LogP contribution in [0.3, 0.4) is 0 Å². The molecule has 0 aliphatic carbocycles. The molecule has 0 saturated heterocycles. The molecule has 1 rings (SSSR count). The van der Waals surface area contributed by atoms with E-state index in [1.54, 1.807) is 0 Å². The fraction of sp³-hybridized carbons (Fsp3) is 0.333. The van der Waals surface area contributed by atoms with Crippen LogP contribution in [0, 0.1) is 0 Å². The van der Waals surface area contributed by atoms with Gasteiger partial charge in [-0.1, -0.05) is 0 Å². The standard InChI is InChI=1S/C3H5NO2/c5-3-1-6-2-4-3/h1,4-5H,2H2. The Morgan fingerprint density at radius 2 is 2.83 bits per heavy atom. The van der Waals surface area contributed by atoms with Crippen molar-refractivity contribution in [1.82, 2.24) is 5.32 Å². The summed E-state index contributed by atoms with van der Waals surface area (Å²) in [7, 11) is 0. The van der Waals surface area contributed by atoms with Crippen LogP contribution in [0.4, 0.5) is 0 Å². The van der Waals surface area contributed by atoms with Crippen molar-refractivity contribution in [2.24, 2.45) is 0 Å². The summed E-state index contributed by atoms with van der Waals surface area (Å²) in [4.78, 5) is 0. The molecule has 0 spiro atoms. The second kappa shape index (κ2) is 1.08. The fourth-order valence-corrected chi connectivity index (χ4v) is 0.278. The van der Waals surface area contributed by atoms with E-state index in [0.29, 0.717) is 6.73 Å². The highest BCUT2D eigenvalue weighted by molar-refractivity contribution is 4.84. The molecule has 0 fully saturated rings. The molecular weight excluding hydrogens is 82.0 g/mol. The number of hydrogen-bond acceptors (Lipinski definition) is 3. The predicted octanol–water partition coefficient (Wildman–Crippen LogP) is -0.0794. The van der Waals surface area contributed by atoms with Crippen molar-refractivity contribution in [3.63, 3.8) is 0 Å². The van der Waals surface area contributed by atoms with Crippen LogP contribution in [-0.4, -0.2) is 11.8 Å². The first-order valence-corrected chi connectivity index (χ1v) is 1.64. The minimum absolute atomic E-state index is 0.106. The highest BCUT2D eigenvalue weighted by Crippen LogP contribution is 1.89. The number of hydrogen-bond donors (Lipinski definition) is 2. The molecule has 1 aliphatic heterocycles. The summed E-state index contributed by atoms with van der Waals surface area (Å²) < 4.78 is 4.53. The maximum absolute atomic E-state index is 8.35. The Bertz CT molecular complexity index is 78.9. The Kier molecular flexibility index (Phi) is 0.602. The summed E-state index contributed by atoms with van der Waals surface area (Å²) in [6, 6.07) is 0. The largest absolute Gasteiger partial charge is 0.493 e. The minimum atomic E-state index is 0.106. The van der Waals surface area contributed by atoms with E-state index in [-0.39, 0.29) is 5.88 Å². The molecule has 0 radical (unpaired) electrons. The van der Waals surface area contributed by atoms with Crippen LogP contribution < -0.4 is 5.32 Å². The second-order valence-electron chi connectivity index (χ2n) is 0.991. The van der Waals surface area contributed by atoms with Crippen molar-refractivity contribution >= 4 is 0 Å². The summed E-state index contributed by atoms with van der Waals surface area (Å²) in [5.74, 6) is 0.106. The molecule has 6 heavy (non-hydrogen) atoms. The van der Waals surface area contributed by atoms with Gasteiger partial charge in [0.05, 0.1) is 0 Å². The molecule has 0 bridgehead atoms. The van der Waals surface area contributed by atoms with Gasteiger partial charge in [0.15, 0.2) is 6.73 Å². The lowest BCUT2D eigenvalue weighted by Gasteiger charge is -1.85. The molecule has 3 nitrogen and oxygen atoms in total. The molecule has 34 valence electrons.